The van der Waals surface area contributed by atoms with Crippen molar-refractivity contribution in [2.75, 3.05) is 26.3 Å². The standard InChI is InChI=1S/C15H22N2O2/c16-14(8-7-13-5-2-1-3-6-13)15(18)17-9-4-11-19-12-10-17/h1-3,5-6,14H,4,7-12,16H2. The van der Waals surface area contributed by atoms with Gasteiger partial charge in [0.15, 0.2) is 0 Å². The highest BCUT2D eigenvalue weighted by Gasteiger charge is 2.21. The highest BCUT2D eigenvalue weighted by atomic mass is 16.5. The van der Waals surface area contributed by atoms with Crippen molar-refractivity contribution in [1.29, 1.82) is 0 Å². The number of carbonyl (C=O) groups excluding carboxylic acids is 1. The number of ether oxygens (including phenoxy) is 1. The topological polar surface area (TPSA) is 55.6 Å². The quantitative estimate of drug-likeness (QED) is 0.887. The zero-order valence-corrected chi connectivity index (χ0v) is 11.3. The smallest absolute Gasteiger partial charge is 0.239 e. The average Bonchev–Trinajstić information content (AvgIpc) is 2.74. The molecule has 0 saturated carbocycles. The third-order valence-electron chi connectivity index (χ3n) is 3.44. The van der Waals surface area contributed by atoms with Gasteiger partial charge in [0.25, 0.3) is 0 Å². The second kappa shape index (κ2) is 7.26. The minimum absolute atomic E-state index is 0.0569. The van der Waals surface area contributed by atoms with E-state index in [1.807, 2.05) is 23.1 Å². The summed E-state index contributed by atoms with van der Waals surface area (Å²) in [6.45, 7) is 2.79. The van der Waals surface area contributed by atoms with Gasteiger partial charge >= 0.3 is 0 Å². The van der Waals surface area contributed by atoms with Crippen LogP contribution in [-0.2, 0) is 16.0 Å². The molecule has 19 heavy (non-hydrogen) atoms. The summed E-state index contributed by atoms with van der Waals surface area (Å²) in [7, 11) is 0. The first-order valence-corrected chi connectivity index (χ1v) is 6.93. The minimum Gasteiger partial charge on any atom is -0.380 e. The maximum Gasteiger partial charge on any atom is 0.239 e. The van der Waals surface area contributed by atoms with Crippen molar-refractivity contribution in [2.45, 2.75) is 25.3 Å². The lowest BCUT2D eigenvalue weighted by molar-refractivity contribution is -0.132. The molecule has 1 aliphatic rings. The first-order chi connectivity index (χ1) is 9.27. The Labute approximate surface area is 114 Å². The molecule has 1 aromatic rings. The summed E-state index contributed by atoms with van der Waals surface area (Å²) in [5.74, 6) is 0.0569. The van der Waals surface area contributed by atoms with E-state index >= 15 is 0 Å². The van der Waals surface area contributed by atoms with Gasteiger partial charge in [-0.05, 0) is 24.8 Å². The van der Waals surface area contributed by atoms with Crippen LogP contribution in [-0.4, -0.2) is 43.2 Å². The van der Waals surface area contributed by atoms with E-state index in [-0.39, 0.29) is 5.91 Å². The Morgan fingerprint density at radius 2 is 2.05 bits per heavy atom. The lowest BCUT2D eigenvalue weighted by atomic mass is 10.0. The van der Waals surface area contributed by atoms with Crippen molar-refractivity contribution in [3.8, 4) is 0 Å². The molecule has 1 heterocycles. The van der Waals surface area contributed by atoms with Crippen LogP contribution < -0.4 is 5.73 Å². The van der Waals surface area contributed by atoms with Gasteiger partial charge in [0.05, 0.1) is 12.6 Å². The van der Waals surface area contributed by atoms with Crippen molar-refractivity contribution in [2.24, 2.45) is 5.73 Å². The fourth-order valence-corrected chi connectivity index (χ4v) is 2.29. The highest BCUT2D eigenvalue weighted by molar-refractivity contribution is 5.81. The van der Waals surface area contributed by atoms with Crippen LogP contribution in [0.1, 0.15) is 18.4 Å². The molecule has 0 spiro atoms. The molecule has 0 aromatic heterocycles. The molecule has 4 nitrogen and oxygen atoms in total. The third-order valence-corrected chi connectivity index (χ3v) is 3.44. The summed E-state index contributed by atoms with van der Waals surface area (Å²) in [4.78, 5) is 14.1. The van der Waals surface area contributed by atoms with Gasteiger partial charge in [-0.15, -0.1) is 0 Å². The molecule has 104 valence electrons. The molecule has 1 unspecified atom stereocenters. The number of carbonyl (C=O) groups is 1. The number of hydrogen-bond donors (Lipinski definition) is 1. The minimum atomic E-state index is -0.404. The zero-order valence-electron chi connectivity index (χ0n) is 11.3. The van der Waals surface area contributed by atoms with Gasteiger partial charge in [-0.25, -0.2) is 0 Å². The Hall–Kier alpha value is -1.39. The summed E-state index contributed by atoms with van der Waals surface area (Å²) >= 11 is 0. The van der Waals surface area contributed by atoms with Crippen LogP contribution in [0.2, 0.25) is 0 Å². The van der Waals surface area contributed by atoms with E-state index < -0.39 is 6.04 Å². The van der Waals surface area contributed by atoms with E-state index in [1.165, 1.54) is 5.56 Å². The molecule has 1 aromatic carbocycles. The summed E-state index contributed by atoms with van der Waals surface area (Å²) < 4.78 is 5.35. The van der Waals surface area contributed by atoms with Crippen LogP contribution in [0.5, 0.6) is 0 Å². The van der Waals surface area contributed by atoms with Crippen LogP contribution in [0.3, 0.4) is 0 Å². The van der Waals surface area contributed by atoms with E-state index in [9.17, 15) is 4.79 Å². The molecule has 1 amide bonds. The van der Waals surface area contributed by atoms with E-state index in [0.29, 0.717) is 19.6 Å². The molecule has 1 aliphatic heterocycles. The molecule has 1 atom stereocenters. The molecular weight excluding hydrogens is 240 g/mol. The number of aryl methyl sites for hydroxylation is 1. The van der Waals surface area contributed by atoms with Gasteiger partial charge in [0, 0.05) is 19.7 Å². The van der Waals surface area contributed by atoms with Crippen LogP contribution in [0.4, 0.5) is 0 Å². The fraction of sp³-hybridized carbons (Fsp3) is 0.533. The predicted octanol–water partition coefficient (Wildman–Crippen LogP) is 1.20. The number of rotatable bonds is 4. The summed E-state index contributed by atoms with van der Waals surface area (Å²) in [5.41, 5.74) is 7.24. The second-order valence-electron chi connectivity index (χ2n) is 4.92. The largest absolute Gasteiger partial charge is 0.380 e. The van der Waals surface area contributed by atoms with E-state index in [4.69, 9.17) is 10.5 Å². The highest BCUT2D eigenvalue weighted by Crippen LogP contribution is 2.07. The van der Waals surface area contributed by atoms with Gasteiger partial charge in [0.1, 0.15) is 0 Å². The Kier molecular flexibility index (Phi) is 5.36. The zero-order chi connectivity index (χ0) is 13.5. The maximum atomic E-state index is 12.2. The number of nitrogens with zero attached hydrogens (tertiary/aromatic N) is 1. The summed E-state index contributed by atoms with van der Waals surface area (Å²) in [6, 6.07) is 9.74. The molecule has 0 bridgehead atoms. The number of nitrogens with two attached hydrogens (primary N) is 1. The summed E-state index contributed by atoms with van der Waals surface area (Å²) in [5, 5.41) is 0. The normalized spacial score (nSPS) is 17.8. The number of amides is 1. The predicted molar refractivity (Wildman–Crippen MR) is 74.8 cm³/mol. The maximum absolute atomic E-state index is 12.2. The number of hydrogen-bond acceptors (Lipinski definition) is 3. The van der Waals surface area contributed by atoms with E-state index in [0.717, 1.165) is 26.0 Å². The molecular formula is C15H22N2O2. The van der Waals surface area contributed by atoms with Crippen LogP contribution in [0, 0.1) is 0 Å². The molecule has 0 radical (unpaired) electrons. The Morgan fingerprint density at radius 1 is 1.26 bits per heavy atom. The van der Waals surface area contributed by atoms with Gasteiger partial charge in [0.2, 0.25) is 5.91 Å². The summed E-state index contributed by atoms with van der Waals surface area (Å²) in [6.07, 6.45) is 2.44. The molecule has 1 fully saturated rings. The van der Waals surface area contributed by atoms with Crippen molar-refractivity contribution >= 4 is 5.91 Å². The van der Waals surface area contributed by atoms with Gasteiger partial charge in [-0.3, -0.25) is 4.79 Å². The first-order valence-electron chi connectivity index (χ1n) is 6.93. The van der Waals surface area contributed by atoms with Crippen LogP contribution in [0.15, 0.2) is 30.3 Å². The van der Waals surface area contributed by atoms with E-state index in [1.54, 1.807) is 0 Å². The Balaban J connectivity index is 1.81. The van der Waals surface area contributed by atoms with Crippen LogP contribution in [0.25, 0.3) is 0 Å². The van der Waals surface area contributed by atoms with Gasteiger partial charge in [-0.1, -0.05) is 30.3 Å². The van der Waals surface area contributed by atoms with Crippen LogP contribution >= 0.6 is 0 Å². The van der Waals surface area contributed by atoms with Crippen molar-refractivity contribution < 1.29 is 9.53 Å². The second-order valence-corrected chi connectivity index (χ2v) is 4.92. The van der Waals surface area contributed by atoms with E-state index in [2.05, 4.69) is 12.1 Å². The van der Waals surface area contributed by atoms with Crippen molar-refractivity contribution in [3.63, 3.8) is 0 Å². The monoisotopic (exact) mass is 262 g/mol. The lowest BCUT2D eigenvalue weighted by Crippen LogP contribution is -2.45. The average molecular weight is 262 g/mol. The molecule has 0 aliphatic carbocycles. The Morgan fingerprint density at radius 3 is 2.84 bits per heavy atom. The number of benzene rings is 1. The van der Waals surface area contributed by atoms with Crippen molar-refractivity contribution in [1.82, 2.24) is 4.90 Å². The SMILES string of the molecule is NC(CCc1ccccc1)C(=O)N1CCCOCC1. The Bertz CT molecular complexity index is 386. The molecule has 2 rings (SSSR count). The van der Waals surface area contributed by atoms with Gasteiger partial charge < -0.3 is 15.4 Å². The third kappa shape index (κ3) is 4.33. The lowest BCUT2D eigenvalue weighted by Gasteiger charge is -2.23. The fourth-order valence-electron chi connectivity index (χ4n) is 2.29. The molecule has 2 N–H and O–H groups in total. The molecule has 1 saturated heterocycles. The first kappa shape index (κ1) is 14.0. The van der Waals surface area contributed by atoms with Gasteiger partial charge in [-0.2, -0.15) is 0 Å². The molecule has 4 heteroatoms. The van der Waals surface area contributed by atoms with Crippen molar-refractivity contribution in [3.05, 3.63) is 35.9 Å².